The van der Waals surface area contributed by atoms with Crippen molar-refractivity contribution in [2.75, 3.05) is 7.11 Å². The van der Waals surface area contributed by atoms with Gasteiger partial charge in [0, 0.05) is 6.92 Å². The first-order valence-electron chi connectivity index (χ1n) is 8.10. The fourth-order valence-electron chi connectivity index (χ4n) is 2.39. The van der Waals surface area contributed by atoms with Crippen molar-refractivity contribution in [2.45, 2.75) is 33.0 Å². The van der Waals surface area contributed by atoms with Crippen molar-refractivity contribution < 1.29 is 23.8 Å². The normalized spacial score (nSPS) is 11.5. The van der Waals surface area contributed by atoms with Gasteiger partial charge in [-0.05, 0) is 41.8 Å². The van der Waals surface area contributed by atoms with Gasteiger partial charge in [-0.1, -0.05) is 31.2 Å². The van der Waals surface area contributed by atoms with Crippen LogP contribution in [0.25, 0.3) is 0 Å². The number of methoxy groups -OCH3 is 1. The highest BCUT2D eigenvalue weighted by Gasteiger charge is 2.12. The average molecular weight is 342 g/mol. The van der Waals surface area contributed by atoms with Crippen LogP contribution in [0, 0.1) is 0 Å². The number of hydrogen-bond donors (Lipinski definition) is 0. The number of carbonyl (C=O) groups is 2. The second kappa shape index (κ2) is 8.87. The van der Waals surface area contributed by atoms with Crippen LogP contribution in [0.4, 0.5) is 0 Å². The molecule has 2 aromatic carbocycles. The molecule has 2 aromatic rings. The summed E-state index contributed by atoms with van der Waals surface area (Å²) in [7, 11) is 1.35. The summed E-state index contributed by atoms with van der Waals surface area (Å²) in [4.78, 5) is 22.5. The molecule has 0 aliphatic heterocycles. The molecule has 0 fully saturated rings. The predicted octanol–water partition coefficient (Wildman–Crippen LogP) is 4.07. The van der Waals surface area contributed by atoms with E-state index >= 15 is 0 Å². The lowest BCUT2D eigenvalue weighted by Crippen LogP contribution is -2.07. The van der Waals surface area contributed by atoms with E-state index in [9.17, 15) is 9.59 Å². The zero-order chi connectivity index (χ0) is 18.2. The second-order valence-electron chi connectivity index (χ2n) is 5.55. The summed E-state index contributed by atoms with van der Waals surface area (Å²) in [6.07, 6.45) is 0.476. The lowest BCUT2D eigenvalue weighted by atomic mass is 10.1. The van der Waals surface area contributed by atoms with E-state index in [4.69, 9.17) is 9.47 Å². The number of esters is 2. The first-order valence-corrected chi connectivity index (χ1v) is 8.10. The van der Waals surface area contributed by atoms with Crippen LogP contribution in [-0.2, 0) is 20.9 Å². The number of hydrogen-bond acceptors (Lipinski definition) is 5. The van der Waals surface area contributed by atoms with Crippen LogP contribution in [0.1, 0.15) is 47.9 Å². The smallest absolute Gasteiger partial charge is 0.337 e. The molecule has 2 rings (SSSR count). The number of rotatable bonds is 7. The van der Waals surface area contributed by atoms with Gasteiger partial charge in [0.1, 0.15) is 18.5 Å². The first-order chi connectivity index (χ1) is 12.0. The van der Waals surface area contributed by atoms with E-state index in [1.807, 2.05) is 43.3 Å². The Kier molecular flexibility index (Phi) is 6.57. The van der Waals surface area contributed by atoms with E-state index in [0.29, 0.717) is 18.6 Å². The van der Waals surface area contributed by atoms with Gasteiger partial charge >= 0.3 is 11.9 Å². The van der Waals surface area contributed by atoms with Gasteiger partial charge in [-0.2, -0.15) is 0 Å². The SMILES string of the molecule is CCC(OC(C)=O)c1ccc(OCc2ccc(C(=O)OC)cc2)cc1. The van der Waals surface area contributed by atoms with Gasteiger partial charge < -0.3 is 14.2 Å². The molecule has 1 unspecified atom stereocenters. The Hall–Kier alpha value is -2.82. The molecule has 0 saturated carbocycles. The molecule has 5 heteroatoms. The molecule has 0 aliphatic carbocycles. The summed E-state index contributed by atoms with van der Waals surface area (Å²) in [5.74, 6) is 0.0716. The van der Waals surface area contributed by atoms with Crippen LogP contribution < -0.4 is 4.74 Å². The third-order valence-corrected chi connectivity index (χ3v) is 3.71. The number of ether oxygens (including phenoxy) is 3. The van der Waals surface area contributed by atoms with Crippen LogP contribution in [0.15, 0.2) is 48.5 Å². The molecule has 0 heterocycles. The molecular weight excluding hydrogens is 320 g/mol. The number of benzene rings is 2. The summed E-state index contributed by atoms with van der Waals surface area (Å²) in [5, 5.41) is 0. The monoisotopic (exact) mass is 342 g/mol. The third-order valence-electron chi connectivity index (χ3n) is 3.71. The van der Waals surface area contributed by atoms with Crippen molar-refractivity contribution in [3.05, 3.63) is 65.2 Å². The van der Waals surface area contributed by atoms with Gasteiger partial charge in [0.25, 0.3) is 0 Å². The molecule has 0 saturated heterocycles. The molecule has 1 atom stereocenters. The molecule has 25 heavy (non-hydrogen) atoms. The summed E-state index contributed by atoms with van der Waals surface area (Å²) >= 11 is 0. The quantitative estimate of drug-likeness (QED) is 0.710. The molecule has 0 aliphatic rings. The zero-order valence-corrected chi connectivity index (χ0v) is 14.7. The highest BCUT2D eigenvalue weighted by atomic mass is 16.5. The molecule has 0 N–H and O–H groups in total. The van der Waals surface area contributed by atoms with Gasteiger partial charge in [0.05, 0.1) is 12.7 Å². The van der Waals surface area contributed by atoms with E-state index in [-0.39, 0.29) is 18.0 Å². The van der Waals surface area contributed by atoms with Crippen molar-refractivity contribution in [3.8, 4) is 5.75 Å². The summed E-state index contributed by atoms with van der Waals surface area (Å²) in [5.41, 5.74) is 2.39. The van der Waals surface area contributed by atoms with Crippen LogP contribution in [-0.4, -0.2) is 19.0 Å². The largest absolute Gasteiger partial charge is 0.489 e. The van der Waals surface area contributed by atoms with Gasteiger partial charge in [-0.25, -0.2) is 4.79 Å². The van der Waals surface area contributed by atoms with E-state index in [1.54, 1.807) is 12.1 Å². The Labute approximate surface area is 147 Å². The van der Waals surface area contributed by atoms with Crippen molar-refractivity contribution in [1.29, 1.82) is 0 Å². The molecule has 0 radical (unpaired) electrons. The maximum atomic E-state index is 11.4. The lowest BCUT2D eigenvalue weighted by Gasteiger charge is -2.16. The minimum atomic E-state index is -0.360. The van der Waals surface area contributed by atoms with Gasteiger partial charge in [0.15, 0.2) is 0 Å². The molecule has 0 bridgehead atoms. The topological polar surface area (TPSA) is 61.8 Å². The molecule has 0 spiro atoms. The summed E-state index contributed by atoms with van der Waals surface area (Å²) in [6.45, 7) is 3.77. The minimum Gasteiger partial charge on any atom is -0.489 e. The summed E-state index contributed by atoms with van der Waals surface area (Å²) in [6, 6.07) is 14.6. The van der Waals surface area contributed by atoms with Crippen LogP contribution in [0.2, 0.25) is 0 Å². The fraction of sp³-hybridized carbons (Fsp3) is 0.300. The number of carbonyl (C=O) groups excluding carboxylic acids is 2. The molecule has 0 amide bonds. The Morgan fingerprint density at radius 2 is 1.64 bits per heavy atom. The Morgan fingerprint density at radius 1 is 1.00 bits per heavy atom. The average Bonchev–Trinajstić information content (AvgIpc) is 2.64. The van der Waals surface area contributed by atoms with Crippen LogP contribution in [0.3, 0.4) is 0 Å². The maximum absolute atomic E-state index is 11.4. The second-order valence-corrected chi connectivity index (χ2v) is 5.55. The summed E-state index contributed by atoms with van der Waals surface area (Å²) < 4.78 is 15.7. The Bertz CT molecular complexity index is 704. The van der Waals surface area contributed by atoms with Crippen molar-refractivity contribution in [2.24, 2.45) is 0 Å². The molecule has 5 nitrogen and oxygen atoms in total. The highest BCUT2D eigenvalue weighted by molar-refractivity contribution is 5.89. The highest BCUT2D eigenvalue weighted by Crippen LogP contribution is 2.24. The predicted molar refractivity (Wildman–Crippen MR) is 93.4 cm³/mol. The Balaban J connectivity index is 1.95. The first kappa shape index (κ1) is 18.5. The maximum Gasteiger partial charge on any atom is 0.337 e. The van der Waals surface area contributed by atoms with Crippen LogP contribution >= 0.6 is 0 Å². The van der Waals surface area contributed by atoms with Crippen molar-refractivity contribution in [3.63, 3.8) is 0 Å². The zero-order valence-electron chi connectivity index (χ0n) is 14.7. The minimum absolute atomic E-state index is 0.239. The van der Waals surface area contributed by atoms with E-state index in [0.717, 1.165) is 16.9 Å². The van der Waals surface area contributed by atoms with Crippen molar-refractivity contribution >= 4 is 11.9 Å². The third kappa shape index (κ3) is 5.35. The molecule has 132 valence electrons. The van der Waals surface area contributed by atoms with E-state index < -0.39 is 0 Å². The molecular formula is C20H22O5. The van der Waals surface area contributed by atoms with Crippen LogP contribution in [0.5, 0.6) is 5.75 Å². The van der Waals surface area contributed by atoms with Gasteiger partial charge in [0.2, 0.25) is 0 Å². The lowest BCUT2D eigenvalue weighted by molar-refractivity contribution is -0.146. The van der Waals surface area contributed by atoms with Gasteiger partial charge in [-0.15, -0.1) is 0 Å². The van der Waals surface area contributed by atoms with E-state index in [1.165, 1.54) is 14.0 Å². The van der Waals surface area contributed by atoms with E-state index in [2.05, 4.69) is 4.74 Å². The molecule has 0 aromatic heterocycles. The standard InChI is InChI=1S/C20H22O5/c1-4-19(25-14(2)21)16-9-11-18(12-10-16)24-13-15-5-7-17(8-6-15)20(22)23-3/h5-12,19H,4,13H2,1-3H3. The van der Waals surface area contributed by atoms with Gasteiger partial charge in [-0.3, -0.25) is 4.79 Å². The fourth-order valence-corrected chi connectivity index (χ4v) is 2.39. The Morgan fingerprint density at radius 3 is 2.16 bits per heavy atom. The van der Waals surface area contributed by atoms with Crippen molar-refractivity contribution in [1.82, 2.24) is 0 Å².